The van der Waals surface area contributed by atoms with Gasteiger partial charge in [-0.15, -0.1) is 6.58 Å². The van der Waals surface area contributed by atoms with E-state index in [0.29, 0.717) is 37.5 Å². The van der Waals surface area contributed by atoms with Crippen LogP contribution in [0.25, 0.3) is 10.9 Å². The molecule has 0 spiro atoms. The van der Waals surface area contributed by atoms with Crippen LogP contribution in [-0.2, 0) is 17.8 Å². The molecular weight excluding hydrogens is 388 g/mol. The van der Waals surface area contributed by atoms with Gasteiger partial charge in [0.25, 0.3) is 5.91 Å². The van der Waals surface area contributed by atoms with E-state index in [4.69, 9.17) is 4.74 Å². The van der Waals surface area contributed by atoms with Crippen molar-refractivity contribution >= 4 is 16.8 Å². The number of nitrogens with one attached hydrogen (secondary N) is 1. The zero-order chi connectivity index (χ0) is 21.2. The van der Waals surface area contributed by atoms with Crippen molar-refractivity contribution in [3.8, 4) is 0 Å². The van der Waals surface area contributed by atoms with Crippen LogP contribution in [0.15, 0.2) is 67.3 Å². The standard InChI is InChI=1S/C25H28N4O2/c1-2-12-29-23-11-7-6-10-22(23)24(27-29)25(30)26-19-13-20-16-31-17-21(14-19)28(20)15-18-8-4-3-5-9-18/h2-11,19-21H,1,12-17H2,(H,26,30)/t19?,20-,21+. The molecule has 3 aromatic rings. The van der Waals surface area contributed by atoms with Gasteiger partial charge in [0.2, 0.25) is 0 Å². The molecule has 1 amide bonds. The first-order valence-corrected chi connectivity index (χ1v) is 11.0. The molecule has 2 aliphatic heterocycles. The first kappa shape index (κ1) is 20.0. The Balaban J connectivity index is 1.31. The number of morpholine rings is 1. The monoisotopic (exact) mass is 416 g/mol. The molecule has 0 aliphatic carbocycles. The Morgan fingerprint density at radius 2 is 1.81 bits per heavy atom. The molecule has 5 rings (SSSR count). The Bertz CT molecular complexity index is 1060. The van der Waals surface area contributed by atoms with Crippen molar-refractivity contribution in [2.24, 2.45) is 0 Å². The maximum Gasteiger partial charge on any atom is 0.272 e. The third kappa shape index (κ3) is 4.01. The summed E-state index contributed by atoms with van der Waals surface area (Å²) in [6.45, 7) is 6.74. The molecule has 160 valence electrons. The van der Waals surface area contributed by atoms with Crippen LogP contribution in [-0.4, -0.2) is 51.9 Å². The fraction of sp³-hybridized carbons (Fsp3) is 0.360. The van der Waals surface area contributed by atoms with Gasteiger partial charge in [0.05, 0.1) is 25.3 Å². The minimum atomic E-state index is -0.0977. The van der Waals surface area contributed by atoms with Gasteiger partial charge in [0.15, 0.2) is 5.69 Å². The molecule has 6 nitrogen and oxygen atoms in total. The van der Waals surface area contributed by atoms with Crippen molar-refractivity contribution in [3.05, 3.63) is 78.5 Å². The average Bonchev–Trinajstić information content (AvgIpc) is 3.14. The normalized spacial score (nSPS) is 23.5. The van der Waals surface area contributed by atoms with E-state index in [9.17, 15) is 4.79 Å². The SMILES string of the molecule is C=CCn1nc(C(=O)NC2C[C@H]3COC[C@@H](C2)N3Cc2ccccc2)c2ccccc21. The maximum absolute atomic E-state index is 13.2. The highest BCUT2D eigenvalue weighted by Gasteiger charge is 2.39. The summed E-state index contributed by atoms with van der Waals surface area (Å²) in [4.78, 5) is 15.7. The third-order valence-electron chi connectivity index (χ3n) is 6.39. The molecule has 1 unspecified atom stereocenters. The van der Waals surface area contributed by atoms with Gasteiger partial charge in [0, 0.05) is 30.1 Å². The lowest BCUT2D eigenvalue weighted by molar-refractivity contribution is -0.0843. The minimum Gasteiger partial charge on any atom is -0.378 e. The van der Waals surface area contributed by atoms with Gasteiger partial charge in [-0.05, 0) is 24.5 Å². The lowest BCUT2D eigenvalue weighted by Gasteiger charge is -2.48. The number of amides is 1. The molecule has 2 bridgehead atoms. The maximum atomic E-state index is 13.2. The summed E-state index contributed by atoms with van der Waals surface area (Å²) in [5.74, 6) is -0.0977. The Labute approximate surface area is 182 Å². The van der Waals surface area contributed by atoms with Gasteiger partial charge < -0.3 is 10.1 Å². The highest BCUT2D eigenvalue weighted by atomic mass is 16.5. The summed E-state index contributed by atoms with van der Waals surface area (Å²) >= 11 is 0. The molecule has 3 atom stereocenters. The topological polar surface area (TPSA) is 59.4 Å². The van der Waals surface area contributed by atoms with Gasteiger partial charge in [-0.3, -0.25) is 14.4 Å². The van der Waals surface area contributed by atoms with E-state index < -0.39 is 0 Å². The zero-order valence-corrected chi connectivity index (χ0v) is 17.6. The van der Waals surface area contributed by atoms with Crippen molar-refractivity contribution in [2.45, 2.75) is 44.1 Å². The van der Waals surface area contributed by atoms with Gasteiger partial charge in [-0.25, -0.2) is 0 Å². The van der Waals surface area contributed by atoms with Crippen LogP contribution in [0.3, 0.4) is 0 Å². The van der Waals surface area contributed by atoms with Crippen LogP contribution < -0.4 is 5.32 Å². The fourth-order valence-corrected chi connectivity index (χ4v) is 4.97. The van der Waals surface area contributed by atoms with E-state index in [2.05, 4.69) is 52.2 Å². The molecule has 2 saturated heterocycles. The lowest BCUT2D eigenvalue weighted by Crippen LogP contribution is -2.60. The highest BCUT2D eigenvalue weighted by Crippen LogP contribution is 2.30. The van der Waals surface area contributed by atoms with Crippen molar-refractivity contribution in [1.82, 2.24) is 20.0 Å². The number of carbonyl (C=O) groups excluding carboxylic acids is 1. The summed E-state index contributed by atoms with van der Waals surface area (Å²) in [5, 5.41) is 8.74. The average molecular weight is 417 g/mol. The molecule has 2 aromatic carbocycles. The Morgan fingerprint density at radius 1 is 1.10 bits per heavy atom. The predicted octanol–water partition coefficient (Wildman–Crippen LogP) is 3.38. The molecular formula is C25H28N4O2. The number of hydrogen-bond donors (Lipinski definition) is 1. The number of nitrogens with zero attached hydrogens (tertiary/aromatic N) is 3. The first-order chi connectivity index (χ1) is 15.2. The Hall–Kier alpha value is -2.96. The summed E-state index contributed by atoms with van der Waals surface area (Å²) in [7, 11) is 0. The number of allylic oxidation sites excluding steroid dienone is 1. The van der Waals surface area contributed by atoms with Crippen molar-refractivity contribution < 1.29 is 9.53 Å². The van der Waals surface area contributed by atoms with Gasteiger partial charge in [-0.1, -0.05) is 54.6 Å². The number of benzene rings is 2. The smallest absolute Gasteiger partial charge is 0.272 e. The van der Waals surface area contributed by atoms with Gasteiger partial charge in [0.1, 0.15) is 0 Å². The molecule has 1 N–H and O–H groups in total. The number of fused-ring (bicyclic) bond motifs is 3. The van der Waals surface area contributed by atoms with Crippen LogP contribution >= 0.6 is 0 Å². The second-order valence-corrected chi connectivity index (χ2v) is 8.48. The largest absolute Gasteiger partial charge is 0.378 e. The van der Waals surface area contributed by atoms with E-state index in [1.807, 2.05) is 28.9 Å². The quantitative estimate of drug-likeness (QED) is 0.626. The van der Waals surface area contributed by atoms with Gasteiger partial charge in [-0.2, -0.15) is 5.10 Å². The molecule has 2 fully saturated rings. The van der Waals surface area contributed by atoms with Crippen LogP contribution in [0.2, 0.25) is 0 Å². The summed E-state index contributed by atoms with van der Waals surface area (Å²) in [6, 6.07) is 19.2. The number of rotatable bonds is 6. The number of carbonyl (C=O) groups is 1. The number of ether oxygens (including phenoxy) is 1. The second-order valence-electron chi connectivity index (χ2n) is 8.48. The Kier molecular flexibility index (Phi) is 5.57. The van der Waals surface area contributed by atoms with E-state index >= 15 is 0 Å². The van der Waals surface area contributed by atoms with Crippen LogP contribution in [0.5, 0.6) is 0 Å². The summed E-state index contributed by atoms with van der Waals surface area (Å²) in [6.07, 6.45) is 3.57. The molecule has 31 heavy (non-hydrogen) atoms. The van der Waals surface area contributed by atoms with E-state index in [1.54, 1.807) is 6.08 Å². The zero-order valence-electron chi connectivity index (χ0n) is 17.6. The molecule has 1 aromatic heterocycles. The van der Waals surface area contributed by atoms with Gasteiger partial charge >= 0.3 is 0 Å². The lowest BCUT2D eigenvalue weighted by atomic mass is 9.89. The van der Waals surface area contributed by atoms with Crippen LogP contribution in [0, 0.1) is 0 Å². The summed E-state index contributed by atoms with van der Waals surface area (Å²) in [5.41, 5.74) is 2.77. The molecule has 3 heterocycles. The fourth-order valence-electron chi connectivity index (χ4n) is 4.97. The molecule has 2 aliphatic rings. The van der Waals surface area contributed by atoms with Crippen molar-refractivity contribution in [2.75, 3.05) is 13.2 Å². The molecule has 0 saturated carbocycles. The number of hydrogen-bond acceptors (Lipinski definition) is 4. The highest BCUT2D eigenvalue weighted by molar-refractivity contribution is 6.05. The summed E-state index contributed by atoms with van der Waals surface area (Å²) < 4.78 is 7.69. The Morgan fingerprint density at radius 3 is 2.55 bits per heavy atom. The number of aromatic nitrogens is 2. The van der Waals surface area contributed by atoms with E-state index in [1.165, 1.54) is 5.56 Å². The van der Waals surface area contributed by atoms with Crippen LogP contribution in [0.4, 0.5) is 0 Å². The number of piperidine rings is 1. The third-order valence-corrected chi connectivity index (χ3v) is 6.39. The first-order valence-electron chi connectivity index (χ1n) is 11.0. The van der Waals surface area contributed by atoms with E-state index in [-0.39, 0.29) is 11.9 Å². The second kappa shape index (κ2) is 8.65. The molecule has 6 heteroatoms. The minimum absolute atomic E-state index is 0.0977. The number of para-hydroxylation sites is 1. The predicted molar refractivity (Wildman–Crippen MR) is 121 cm³/mol. The van der Waals surface area contributed by atoms with Crippen LogP contribution in [0.1, 0.15) is 28.9 Å². The molecule has 0 radical (unpaired) electrons. The van der Waals surface area contributed by atoms with Crippen molar-refractivity contribution in [1.29, 1.82) is 0 Å². The van der Waals surface area contributed by atoms with Crippen molar-refractivity contribution in [3.63, 3.8) is 0 Å². The van der Waals surface area contributed by atoms with E-state index in [0.717, 1.165) is 30.3 Å².